The SMILES string of the molecule is O=S(=O)(CCN1CCN(CCO)CC1)ON1CCN(CCO)CC1. The van der Waals surface area contributed by atoms with Gasteiger partial charge in [-0.15, -0.1) is 0 Å². The van der Waals surface area contributed by atoms with Gasteiger partial charge in [0.05, 0.1) is 19.0 Å². The highest BCUT2D eigenvalue weighted by Gasteiger charge is 2.24. The lowest BCUT2D eigenvalue weighted by Gasteiger charge is -2.34. The van der Waals surface area contributed by atoms with Crippen LogP contribution < -0.4 is 0 Å². The molecule has 2 fully saturated rings. The van der Waals surface area contributed by atoms with Crippen LogP contribution in [0.2, 0.25) is 0 Å². The van der Waals surface area contributed by atoms with Crippen molar-refractivity contribution in [2.45, 2.75) is 0 Å². The Morgan fingerprint density at radius 1 is 0.708 bits per heavy atom. The molecule has 0 radical (unpaired) electrons. The van der Waals surface area contributed by atoms with Gasteiger partial charge in [-0.2, -0.15) is 17.8 Å². The Balaban J connectivity index is 1.65. The average molecular weight is 366 g/mol. The number of rotatable bonds is 9. The number of hydrogen-bond donors (Lipinski definition) is 2. The van der Waals surface area contributed by atoms with Gasteiger partial charge < -0.3 is 10.2 Å². The van der Waals surface area contributed by atoms with Crippen LogP contribution in [0.4, 0.5) is 0 Å². The van der Waals surface area contributed by atoms with Gasteiger partial charge in [0.2, 0.25) is 0 Å². The molecule has 0 aromatic heterocycles. The maximum Gasteiger partial charge on any atom is 0.284 e. The third-order valence-corrected chi connectivity index (χ3v) is 5.63. The fourth-order valence-corrected chi connectivity index (χ4v) is 4.01. The summed E-state index contributed by atoms with van der Waals surface area (Å²) in [6, 6.07) is 0. The molecule has 0 aliphatic carbocycles. The van der Waals surface area contributed by atoms with Crippen molar-refractivity contribution >= 4 is 10.1 Å². The highest BCUT2D eigenvalue weighted by molar-refractivity contribution is 7.86. The van der Waals surface area contributed by atoms with Crippen LogP contribution in [0.5, 0.6) is 0 Å². The fourth-order valence-electron chi connectivity index (χ4n) is 2.99. The second-order valence-corrected chi connectivity index (χ2v) is 7.91. The smallest absolute Gasteiger partial charge is 0.284 e. The van der Waals surface area contributed by atoms with Gasteiger partial charge in [0.1, 0.15) is 0 Å². The second-order valence-electron chi connectivity index (χ2n) is 6.24. The molecule has 2 heterocycles. The van der Waals surface area contributed by atoms with Crippen molar-refractivity contribution in [3.63, 3.8) is 0 Å². The molecular formula is C14H30N4O5S. The summed E-state index contributed by atoms with van der Waals surface area (Å²) in [6.07, 6.45) is 0. The first-order chi connectivity index (χ1) is 11.5. The first kappa shape index (κ1) is 20.0. The third-order valence-electron chi connectivity index (χ3n) is 4.51. The molecule has 2 rings (SSSR count). The monoisotopic (exact) mass is 366 g/mol. The van der Waals surface area contributed by atoms with Gasteiger partial charge in [-0.3, -0.25) is 14.7 Å². The largest absolute Gasteiger partial charge is 0.395 e. The van der Waals surface area contributed by atoms with E-state index in [1.807, 2.05) is 0 Å². The number of piperazine rings is 2. The van der Waals surface area contributed by atoms with Crippen LogP contribution in [-0.4, -0.2) is 129 Å². The zero-order chi connectivity index (χ0) is 17.4. The highest BCUT2D eigenvalue weighted by atomic mass is 32.2. The zero-order valence-electron chi connectivity index (χ0n) is 14.2. The van der Waals surface area contributed by atoms with Crippen LogP contribution in [0.15, 0.2) is 0 Å². The maximum absolute atomic E-state index is 12.1. The van der Waals surface area contributed by atoms with E-state index in [1.54, 1.807) is 0 Å². The van der Waals surface area contributed by atoms with Gasteiger partial charge >= 0.3 is 0 Å². The predicted molar refractivity (Wildman–Crippen MR) is 89.9 cm³/mol. The Kier molecular flexibility index (Phi) is 8.31. The van der Waals surface area contributed by atoms with Crippen LogP contribution in [0, 0.1) is 0 Å². The zero-order valence-corrected chi connectivity index (χ0v) is 15.0. The molecule has 10 heteroatoms. The molecule has 24 heavy (non-hydrogen) atoms. The van der Waals surface area contributed by atoms with Crippen molar-refractivity contribution in [2.75, 3.05) is 91.0 Å². The van der Waals surface area contributed by atoms with Crippen LogP contribution in [-0.2, 0) is 14.4 Å². The van der Waals surface area contributed by atoms with Gasteiger partial charge in [-0.05, 0) is 0 Å². The molecule has 2 saturated heterocycles. The Morgan fingerprint density at radius 2 is 1.12 bits per heavy atom. The first-order valence-electron chi connectivity index (χ1n) is 8.58. The summed E-state index contributed by atoms with van der Waals surface area (Å²) in [5, 5.41) is 19.3. The molecule has 0 bridgehead atoms. The summed E-state index contributed by atoms with van der Waals surface area (Å²) in [4.78, 5) is 6.37. The summed E-state index contributed by atoms with van der Waals surface area (Å²) in [5.41, 5.74) is 0. The number of β-amino-alcohol motifs (C(OH)–C–C–N with tert-alkyl or cyclic N) is 2. The fraction of sp³-hybridized carbons (Fsp3) is 1.00. The quantitative estimate of drug-likeness (QED) is 0.458. The minimum absolute atomic E-state index is 0.0101. The van der Waals surface area contributed by atoms with Crippen molar-refractivity contribution in [1.29, 1.82) is 0 Å². The molecule has 2 aliphatic heterocycles. The highest BCUT2D eigenvalue weighted by Crippen LogP contribution is 2.07. The number of aliphatic hydroxyl groups is 2. The molecule has 0 amide bonds. The topological polar surface area (TPSA) is 96.8 Å². The molecule has 2 N–H and O–H groups in total. The Hall–Kier alpha value is -0.330. The third kappa shape index (κ3) is 6.89. The van der Waals surface area contributed by atoms with Crippen LogP contribution in [0.1, 0.15) is 0 Å². The summed E-state index contributed by atoms with van der Waals surface area (Å²) in [6.45, 7) is 7.83. The van der Waals surface area contributed by atoms with Gasteiger partial charge in [0, 0.05) is 72.0 Å². The number of nitrogens with zero attached hydrogens (tertiary/aromatic N) is 4. The number of hydrogen-bond acceptors (Lipinski definition) is 9. The molecule has 0 atom stereocenters. The maximum atomic E-state index is 12.1. The number of hydroxylamine groups is 2. The van der Waals surface area contributed by atoms with Gasteiger partial charge in [0.15, 0.2) is 0 Å². The normalized spacial score (nSPS) is 22.9. The summed E-state index contributed by atoms with van der Waals surface area (Å²) in [7, 11) is -3.57. The molecule has 0 spiro atoms. The Morgan fingerprint density at radius 3 is 1.58 bits per heavy atom. The van der Waals surface area contributed by atoms with Gasteiger partial charge in [-0.1, -0.05) is 0 Å². The van der Waals surface area contributed by atoms with Crippen LogP contribution >= 0.6 is 0 Å². The Labute approximate surface area is 144 Å². The van der Waals surface area contributed by atoms with E-state index in [0.29, 0.717) is 45.8 Å². The predicted octanol–water partition coefficient (Wildman–Crippen LogP) is -2.53. The van der Waals surface area contributed by atoms with E-state index >= 15 is 0 Å². The lowest BCUT2D eigenvalue weighted by atomic mass is 10.3. The van der Waals surface area contributed by atoms with Gasteiger partial charge in [-0.25, -0.2) is 0 Å². The van der Waals surface area contributed by atoms with Gasteiger partial charge in [0.25, 0.3) is 10.1 Å². The summed E-state index contributed by atoms with van der Waals surface area (Å²) < 4.78 is 29.5. The van der Waals surface area contributed by atoms with Crippen molar-refractivity contribution in [2.24, 2.45) is 0 Å². The van der Waals surface area contributed by atoms with E-state index in [2.05, 4.69) is 14.7 Å². The van der Waals surface area contributed by atoms with Crippen molar-refractivity contribution < 1.29 is 22.9 Å². The van der Waals surface area contributed by atoms with Crippen molar-refractivity contribution in [1.82, 2.24) is 19.8 Å². The standard InChI is InChI=1S/C14H30N4O5S/c19-12-9-15-1-3-17(4-2-15)11-14-24(21,22)23-18-7-5-16(6-8-18)10-13-20/h19-20H,1-14H2. The minimum atomic E-state index is -3.57. The molecule has 9 nitrogen and oxygen atoms in total. The summed E-state index contributed by atoms with van der Waals surface area (Å²) in [5.74, 6) is -0.0101. The molecular weight excluding hydrogens is 336 g/mol. The first-order valence-corrected chi connectivity index (χ1v) is 10.2. The van der Waals surface area contributed by atoms with Crippen molar-refractivity contribution in [3.8, 4) is 0 Å². The lowest BCUT2D eigenvalue weighted by Crippen LogP contribution is -2.49. The van der Waals surface area contributed by atoms with E-state index in [0.717, 1.165) is 26.2 Å². The molecule has 0 aromatic carbocycles. The number of aliphatic hydroxyl groups excluding tert-OH is 2. The van der Waals surface area contributed by atoms with E-state index in [-0.39, 0.29) is 19.0 Å². The molecule has 0 saturated carbocycles. The van der Waals surface area contributed by atoms with Crippen LogP contribution in [0.3, 0.4) is 0 Å². The van der Waals surface area contributed by atoms with E-state index < -0.39 is 10.1 Å². The van der Waals surface area contributed by atoms with E-state index in [9.17, 15) is 8.42 Å². The van der Waals surface area contributed by atoms with Crippen molar-refractivity contribution in [3.05, 3.63) is 0 Å². The second kappa shape index (κ2) is 9.97. The van der Waals surface area contributed by atoms with Crippen LogP contribution in [0.25, 0.3) is 0 Å². The van der Waals surface area contributed by atoms with E-state index in [1.165, 1.54) is 5.06 Å². The molecule has 142 valence electrons. The minimum Gasteiger partial charge on any atom is -0.395 e. The molecule has 0 unspecified atom stereocenters. The molecule has 0 aromatic rings. The molecule has 2 aliphatic rings. The summed E-state index contributed by atoms with van der Waals surface area (Å²) >= 11 is 0. The van der Waals surface area contributed by atoms with E-state index in [4.69, 9.17) is 14.5 Å². The lowest BCUT2D eigenvalue weighted by molar-refractivity contribution is -0.0839. The average Bonchev–Trinajstić information content (AvgIpc) is 2.56. The Bertz CT molecular complexity index is 448.